The first kappa shape index (κ1) is 26.0. The van der Waals surface area contributed by atoms with E-state index in [9.17, 15) is 14.0 Å². The molecule has 0 aliphatic rings. The van der Waals surface area contributed by atoms with Gasteiger partial charge in [0.1, 0.15) is 23.9 Å². The average molecular weight is 502 g/mol. The summed E-state index contributed by atoms with van der Waals surface area (Å²) in [6, 6.07) is 17.8. The van der Waals surface area contributed by atoms with E-state index in [1.54, 1.807) is 12.1 Å². The Hall–Kier alpha value is -4.07. The number of carbonyl (C=O) groups excluding carboxylic acids is 2. The SMILES string of the molecule is Cc1cccc(N(C(=O)Cn2nnc3ccccc32)[C@@H](C(=O)NCCC(C)C)c2ccc(F)cc2)c1C. The summed E-state index contributed by atoms with van der Waals surface area (Å²) >= 11 is 0. The Morgan fingerprint density at radius 3 is 2.46 bits per heavy atom. The van der Waals surface area contributed by atoms with Crippen molar-refractivity contribution in [3.63, 3.8) is 0 Å². The van der Waals surface area contributed by atoms with Gasteiger partial charge in [0, 0.05) is 12.2 Å². The highest BCUT2D eigenvalue weighted by atomic mass is 19.1. The van der Waals surface area contributed by atoms with Gasteiger partial charge in [-0.05, 0) is 73.2 Å². The molecule has 0 bridgehead atoms. The predicted octanol–water partition coefficient (Wildman–Crippen LogP) is 5.12. The number of amides is 2. The quantitative estimate of drug-likeness (QED) is 0.345. The van der Waals surface area contributed by atoms with E-state index in [1.165, 1.54) is 21.7 Å². The zero-order valence-corrected chi connectivity index (χ0v) is 21.6. The molecule has 0 saturated heterocycles. The molecule has 0 unspecified atom stereocenters. The molecular weight excluding hydrogens is 469 g/mol. The fourth-order valence-electron chi connectivity index (χ4n) is 4.30. The van der Waals surface area contributed by atoms with Gasteiger partial charge >= 0.3 is 0 Å². The van der Waals surface area contributed by atoms with Crippen LogP contribution in [0.4, 0.5) is 10.1 Å². The van der Waals surface area contributed by atoms with Gasteiger partial charge in [-0.3, -0.25) is 14.5 Å². The number of nitrogens with one attached hydrogen (secondary N) is 1. The molecule has 3 aromatic carbocycles. The molecule has 0 aliphatic carbocycles. The van der Waals surface area contributed by atoms with Crippen molar-refractivity contribution >= 4 is 28.5 Å². The monoisotopic (exact) mass is 501 g/mol. The second kappa shape index (κ2) is 11.3. The number of nitrogens with zero attached hydrogens (tertiary/aromatic N) is 4. The molecule has 1 atom stereocenters. The number of fused-ring (bicyclic) bond motifs is 1. The molecule has 0 aliphatic heterocycles. The first-order valence-corrected chi connectivity index (χ1v) is 12.5. The third-order valence-electron chi connectivity index (χ3n) is 6.52. The highest BCUT2D eigenvalue weighted by Gasteiger charge is 2.34. The van der Waals surface area contributed by atoms with E-state index in [0.717, 1.165) is 23.1 Å². The smallest absolute Gasteiger partial charge is 0.249 e. The van der Waals surface area contributed by atoms with Crippen molar-refractivity contribution in [1.29, 1.82) is 0 Å². The van der Waals surface area contributed by atoms with E-state index in [1.807, 2.05) is 56.3 Å². The van der Waals surface area contributed by atoms with Crippen LogP contribution >= 0.6 is 0 Å². The van der Waals surface area contributed by atoms with Gasteiger partial charge in [0.2, 0.25) is 11.8 Å². The molecule has 4 aromatic rings. The van der Waals surface area contributed by atoms with Gasteiger partial charge in [-0.2, -0.15) is 0 Å². The minimum absolute atomic E-state index is 0.120. The van der Waals surface area contributed by atoms with Crippen LogP contribution in [0.1, 0.15) is 43.0 Å². The number of aromatic nitrogens is 3. The number of rotatable bonds is 9. The zero-order chi connectivity index (χ0) is 26.5. The second-order valence-corrected chi connectivity index (χ2v) is 9.65. The summed E-state index contributed by atoms with van der Waals surface area (Å²) in [5.41, 5.74) is 4.39. The summed E-state index contributed by atoms with van der Waals surface area (Å²) < 4.78 is 15.4. The average Bonchev–Trinajstić information content (AvgIpc) is 3.27. The molecule has 1 heterocycles. The molecule has 4 rings (SSSR count). The third kappa shape index (κ3) is 5.85. The van der Waals surface area contributed by atoms with Crippen LogP contribution in [-0.2, 0) is 16.1 Å². The third-order valence-corrected chi connectivity index (χ3v) is 6.52. The Balaban J connectivity index is 1.80. The number of hydrogen-bond acceptors (Lipinski definition) is 4. The maximum atomic E-state index is 14.1. The first-order chi connectivity index (χ1) is 17.8. The normalized spacial score (nSPS) is 12.1. The lowest BCUT2D eigenvalue weighted by molar-refractivity contribution is -0.127. The maximum Gasteiger partial charge on any atom is 0.249 e. The van der Waals surface area contributed by atoms with Gasteiger partial charge in [0.05, 0.1) is 5.52 Å². The number of benzene rings is 3. The van der Waals surface area contributed by atoms with Gasteiger partial charge in [-0.25, -0.2) is 9.07 Å². The number of anilines is 1. The minimum atomic E-state index is -1.00. The van der Waals surface area contributed by atoms with Crippen molar-refractivity contribution < 1.29 is 14.0 Å². The molecule has 1 N–H and O–H groups in total. The molecule has 0 spiro atoms. The number of para-hydroxylation sites is 1. The summed E-state index contributed by atoms with van der Waals surface area (Å²) in [4.78, 5) is 29.3. The van der Waals surface area contributed by atoms with E-state index in [2.05, 4.69) is 29.5 Å². The lowest BCUT2D eigenvalue weighted by atomic mass is 10.00. The molecule has 37 heavy (non-hydrogen) atoms. The summed E-state index contributed by atoms with van der Waals surface area (Å²) in [7, 11) is 0. The summed E-state index contributed by atoms with van der Waals surface area (Å²) in [6.07, 6.45) is 0.796. The highest BCUT2D eigenvalue weighted by molar-refractivity contribution is 6.02. The molecule has 0 radical (unpaired) electrons. The maximum absolute atomic E-state index is 14.1. The Kier molecular flexibility index (Phi) is 7.96. The van der Waals surface area contributed by atoms with Crippen LogP contribution in [0, 0.1) is 25.6 Å². The van der Waals surface area contributed by atoms with Crippen molar-refractivity contribution in [3.8, 4) is 0 Å². The van der Waals surface area contributed by atoms with Gasteiger partial charge in [-0.15, -0.1) is 5.10 Å². The van der Waals surface area contributed by atoms with Crippen LogP contribution < -0.4 is 10.2 Å². The molecule has 0 saturated carbocycles. The number of aryl methyl sites for hydroxylation is 1. The largest absolute Gasteiger partial charge is 0.354 e. The van der Waals surface area contributed by atoms with Crippen LogP contribution in [0.2, 0.25) is 0 Å². The van der Waals surface area contributed by atoms with Gasteiger partial charge in [-0.1, -0.05) is 55.5 Å². The zero-order valence-electron chi connectivity index (χ0n) is 21.6. The summed E-state index contributed by atoms with van der Waals surface area (Å²) in [5.74, 6) is -0.675. The van der Waals surface area contributed by atoms with E-state index < -0.39 is 11.9 Å². The van der Waals surface area contributed by atoms with Gasteiger partial charge in [0.15, 0.2) is 0 Å². The molecular formula is C29H32FN5O2. The van der Waals surface area contributed by atoms with E-state index in [0.29, 0.717) is 29.2 Å². The van der Waals surface area contributed by atoms with Crippen molar-refractivity contribution in [2.75, 3.05) is 11.4 Å². The Labute approximate surface area is 216 Å². The van der Waals surface area contributed by atoms with E-state index in [-0.39, 0.29) is 18.4 Å². The van der Waals surface area contributed by atoms with Crippen molar-refractivity contribution in [2.45, 2.75) is 46.7 Å². The predicted molar refractivity (Wildman–Crippen MR) is 143 cm³/mol. The van der Waals surface area contributed by atoms with Crippen LogP contribution in [-0.4, -0.2) is 33.4 Å². The van der Waals surface area contributed by atoms with Crippen molar-refractivity contribution in [2.24, 2.45) is 5.92 Å². The summed E-state index contributed by atoms with van der Waals surface area (Å²) in [5, 5.41) is 11.3. The van der Waals surface area contributed by atoms with Crippen molar-refractivity contribution in [3.05, 3.63) is 89.2 Å². The molecule has 8 heteroatoms. The number of halogens is 1. The molecule has 2 amide bonds. The number of carbonyl (C=O) groups is 2. The summed E-state index contributed by atoms with van der Waals surface area (Å²) in [6.45, 7) is 8.40. The fraction of sp³-hybridized carbons (Fsp3) is 0.310. The molecule has 1 aromatic heterocycles. The topological polar surface area (TPSA) is 80.1 Å². The standard InChI is InChI=1S/C29H32FN5O2/c1-19(2)16-17-31-29(37)28(22-12-14-23(30)15-13-22)35(25-11-7-8-20(3)21(25)4)27(36)18-34-26-10-6-5-9-24(26)32-33-34/h5-15,19,28H,16-18H2,1-4H3,(H,31,37)/t28-/m1/s1. The van der Waals surface area contributed by atoms with E-state index >= 15 is 0 Å². The fourth-order valence-corrected chi connectivity index (χ4v) is 4.30. The number of hydrogen-bond donors (Lipinski definition) is 1. The molecule has 7 nitrogen and oxygen atoms in total. The first-order valence-electron chi connectivity index (χ1n) is 12.5. The Bertz CT molecular complexity index is 1400. The lowest BCUT2D eigenvalue weighted by Gasteiger charge is -2.33. The van der Waals surface area contributed by atoms with Crippen LogP contribution in [0.25, 0.3) is 11.0 Å². The Morgan fingerprint density at radius 1 is 1.00 bits per heavy atom. The molecule has 0 fully saturated rings. The van der Waals surface area contributed by atoms with E-state index in [4.69, 9.17) is 0 Å². The Morgan fingerprint density at radius 2 is 1.73 bits per heavy atom. The van der Waals surface area contributed by atoms with Crippen LogP contribution in [0.15, 0.2) is 66.7 Å². The van der Waals surface area contributed by atoms with Gasteiger partial charge < -0.3 is 5.32 Å². The lowest BCUT2D eigenvalue weighted by Crippen LogP contribution is -2.46. The van der Waals surface area contributed by atoms with Crippen molar-refractivity contribution in [1.82, 2.24) is 20.3 Å². The van der Waals surface area contributed by atoms with Gasteiger partial charge in [0.25, 0.3) is 0 Å². The minimum Gasteiger partial charge on any atom is -0.354 e. The van der Waals surface area contributed by atoms with Crippen LogP contribution in [0.3, 0.4) is 0 Å². The highest BCUT2D eigenvalue weighted by Crippen LogP contribution is 2.32. The van der Waals surface area contributed by atoms with Crippen LogP contribution in [0.5, 0.6) is 0 Å². The second-order valence-electron chi connectivity index (χ2n) is 9.65. The molecule has 192 valence electrons.